The van der Waals surface area contributed by atoms with E-state index < -0.39 is 0 Å². The van der Waals surface area contributed by atoms with Crippen molar-refractivity contribution in [2.24, 2.45) is 10.8 Å². The van der Waals surface area contributed by atoms with Gasteiger partial charge in [-0.3, -0.25) is 4.79 Å². The summed E-state index contributed by atoms with van der Waals surface area (Å²) >= 11 is 0. The number of pyridine rings is 1. The third-order valence-corrected chi connectivity index (χ3v) is 7.10. The Morgan fingerprint density at radius 3 is 2.62 bits per heavy atom. The van der Waals surface area contributed by atoms with E-state index in [1.807, 2.05) is 6.07 Å². The second-order valence-electron chi connectivity index (χ2n) is 10.3. The summed E-state index contributed by atoms with van der Waals surface area (Å²) in [4.78, 5) is 18.4. The summed E-state index contributed by atoms with van der Waals surface area (Å²) in [6.45, 7) is 15.6. The second kappa shape index (κ2) is 5.69. The maximum absolute atomic E-state index is 13.3. The van der Waals surface area contributed by atoms with Crippen LogP contribution in [0.3, 0.4) is 0 Å². The topological polar surface area (TPSA) is 37.3 Å². The highest BCUT2D eigenvalue weighted by atomic mass is 16.1. The fraction of sp³-hybridized carbons (Fsp3) is 0.609. The van der Waals surface area contributed by atoms with Gasteiger partial charge >= 0.3 is 0 Å². The quantitative estimate of drug-likeness (QED) is 0.853. The van der Waals surface area contributed by atoms with Crippen molar-refractivity contribution in [3.05, 3.63) is 44.7 Å². The van der Waals surface area contributed by atoms with Gasteiger partial charge < -0.3 is 9.88 Å². The van der Waals surface area contributed by atoms with Crippen LogP contribution in [0.15, 0.2) is 16.9 Å². The zero-order valence-corrected chi connectivity index (χ0v) is 17.2. The molecule has 3 nitrogen and oxygen atoms in total. The first-order valence-corrected chi connectivity index (χ1v) is 10.0. The standard InChI is InChI=1S/C23H32N2O/c1-14-7-8-18-20(15(14)2)24-16(3)19(21(18)26)11-25-13-23(6)10-17(25)9-22(4,5)12-23/h7-8,17H,9-13H2,1-6H3,(H,24,26)/p+1. The lowest BCUT2D eigenvalue weighted by atomic mass is 9.65. The highest BCUT2D eigenvalue weighted by molar-refractivity contribution is 5.83. The molecule has 0 spiro atoms. The number of aromatic amines is 1. The minimum Gasteiger partial charge on any atom is -0.358 e. The number of nitrogens with one attached hydrogen (secondary N) is 2. The summed E-state index contributed by atoms with van der Waals surface area (Å²) in [5.74, 6) is 0. The Morgan fingerprint density at radius 1 is 1.15 bits per heavy atom. The van der Waals surface area contributed by atoms with Crippen LogP contribution in [0, 0.1) is 31.6 Å². The predicted molar refractivity (Wildman–Crippen MR) is 108 cm³/mol. The molecular formula is C23H33N2O+. The van der Waals surface area contributed by atoms with Gasteiger partial charge in [0.25, 0.3) is 0 Å². The Balaban J connectivity index is 1.73. The Hall–Kier alpha value is -1.61. The Kier molecular flexibility index (Phi) is 3.89. The van der Waals surface area contributed by atoms with Gasteiger partial charge in [0.1, 0.15) is 6.54 Å². The maximum atomic E-state index is 13.3. The number of hydrogen-bond acceptors (Lipinski definition) is 1. The first-order chi connectivity index (χ1) is 12.1. The van der Waals surface area contributed by atoms with Gasteiger partial charge in [-0.25, -0.2) is 0 Å². The smallest absolute Gasteiger partial charge is 0.198 e. The molecule has 3 atom stereocenters. The zero-order chi connectivity index (χ0) is 18.9. The highest BCUT2D eigenvalue weighted by Crippen LogP contribution is 2.47. The molecule has 140 valence electrons. The summed E-state index contributed by atoms with van der Waals surface area (Å²) in [6.07, 6.45) is 3.90. The average Bonchev–Trinajstić information content (AvgIpc) is 2.76. The van der Waals surface area contributed by atoms with Crippen LogP contribution in [0.25, 0.3) is 10.9 Å². The van der Waals surface area contributed by atoms with Gasteiger partial charge in [0.05, 0.1) is 23.7 Å². The van der Waals surface area contributed by atoms with Crippen LogP contribution in [0.5, 0.6) is 0 Å². The molecule has 2 heterocycles. The van der Waals surface area contributed by atoms with Gasteiger partial charge in [0.2, 0.25) is 0 Å². The molecule has 26 heavy (non-hydrogen) atoms. The third kappa shape index (κ3) is 2.81. The number of H-pyrrole nitrogens is 1. The molecule has 3 unspecified atom stereocenters. The fourth-order valence-corrected chi connectivity index (χ4v) is 6.16. The van der Waals surface area contributed by atoms with Crippen LogP contribution < -0.4 is 10.3 Å². The molecule has 2 fully saturated rings. The van der Waals surface area contributed by atoms with Crippen molar-refractivity contribution in [1.29, 1.82) is 0 Å². The van der Waals surface area contributed by atoms with E-state index in [4.69, 9.17) is 0 Å². The Morgan fingerprint density at radius 2 is 1.88 bits per heavy atom. The monoisotopic (exact) mass is 353 g/mol. The van der Waals surface area contributed by atoms with E-state index >= 15 is 0 Å². The number of quaternary nitrogens is 1. The maximum Gasteiger partial charge on any atom is 0.198 e. The largest absolute Gasteiger partial charge is 0.358 e. The van der Waals surface area contributed by atoms with Crippen molar-refractivity contribution in [1.82, 2.24) is 4.98 Å². The number of hydrogen-bond donors (Lipinski definition) is 2. The number of rotatable bonds is 2. The number of benzene rings is 1. The summed E-state index contributed by atoms with van der Waals surface area (Å²) in [5.41, 5.74) is 6.57. The van der Waals surface area contributed by atoms with Gasteiger partial charge in [0, 0.05) is 29.3 Å². The average molecular weight is 354 g/mol. The third-order valence-electron chi connectivity index (χ3n) is 7.10. The summed E-state index contributed by atoms with van der Waals surface area (Å²) in [5, 5.41) is 0.849. The van der Waals surface area contributed by atoms with Crippen LogP contribution in [-0.4, -0.2) is 17.6 Å². The van der Waals surface area contributed by atoms with Crippen molar-refractivity contribution < 1.29 is 4.90 Å². The van der Waals surface area contributed by atoms with Crippen molar-refractivity contribution in [3.8, 4) is 0 Å². The van der Waals surface area contributed by atoms with E-state index in [1.54, 1.807) is 4.90 Å². The number of aromatic nitrogens is 1. The highest BCUT2D eigenvalue weighted by Gasteiger charge is 2.52. The lowest BCUT2D eigenvalue weighted by Gasteiger charge is -2.37. The first-order valence-electron chi connectivity index (χ1n) is 10.0. The van der Waals surface area contributed by atoms with E-state index in [1.165, 1.54) is 36.9 Å². The molecular weight excluding hydrogens is 320 g/mol. The van der Waals surface area contributed by atoms with Gasteiger partial charge in [-0.15, -0.1) is 0 Å². The van der Waals surface area contributed by atoms with E-state index in [0.717, 1.165) is 28.7 Å². The number of likely N-dealkylation sites (tertiary alicyclic amines) is 1. The van der Waals surface area contributed by atoms with E-state index in [2.05, 4.69) is 52.6 Å². The van der Waals surface area contributed by atoms with Crippen molar-refractivity contribution in [2.45, 2.75) is 73.4 Å². The molecule has 2 aliphatic rings. The van der Waals surface area contributed by atoms with E-state index in [0.29, 0.717) is 16.9 Å². The fourth-order valence-electron chi connectivity index (χ4n) is 6.16. The van der Waals surface area contributed by atoms with Crippen molar-refractivity contribution in [3.63, 3.8) is 0 Å². The number of aryl methyl sites for hydroxylation is 3. The molecule has 1 aromatic carbocycles. The van der Waals surface area contributed by atoms with Crippen LogP contribution in [0.4, 0.5) is 0 Å². The SMILES string of the molecule is Cc1ccc2c(=O)c(C[NH+]3CC4(C)CC3CC(C)(C)C4)c(C)[nH]c2c1C. The molecule has 1 aliphatic carbocycles. The molecule has 3 heteroatoms. The van der Waals surface area contributed by atoms with Gasteiger partial charge in [0.15, 0.2) is 5.43 Å². The molecule has 2 N–H and O–H groups in total. The van der Waals surface area contributed by atoms with Crippen molar-refractivity contribution >= 4 is 10.9 Å². The molecule has 2 bridgehead atoms. The van der Waals surface area contributed by atoms with Gasteiger partial charge in [-0.05, 0) is 49.8 Å². The molecule has 0 radical (unpaired) electrons. The van der Waals surface area contributed by atoms with Crippen LogP contribution >= 0.6 is 0 Å². The minimum absolute atomic E-state index is 0.234. The lowest BCUT2D eigenvalue weighted by Crippen LogP contribution is -3.12. The van der Waals surface area contributed by atoms with Crippen LogP contribution in [0.2, 0.25) is 0 Å². The zero-order valence-electron chi connectivity index (χ0n) is 17.2. The Bertz CT molecular complexity index is 939. The van der Waals surface area contributed by atoms with Gasteiger partial charge in [-0.1, -0.05) is 26.8 Å². The molecule has 2 aromatic rings. The normalized spacial score (nSPS) is 30.1. The summed E-state index contributed by atoms with van der Waals surface area (Å²) in [7, 11) is 0. The predicted octanol–water partition coefficient (Wildman–Crippen LogP) is 3.44. The molecule has 1 saturated carbocycles. The molecule has 1 saturated heterocycles. The summed E-state index contributed by atoms with van der Waals surface area (Å²) in [6, 6.07) is 4.77. The molecule has 1 aromatic heterocycles. The van der Waals surface area contributed by atoms with Crippen LogP contribution in [0.1, 0.15) is 62.4 Å². The molecule has 1 aliphatic heterocycles. The van der Waals surface area contributed by atoms with E-state index in [9.17, 15) is 4.79 Å². The Labute approximate surface area is 156 Å². The second-order valence-corrected chi connectivity index (χ2v) is 10.3. The minimum atomic E-state index is 0.234. The molecule has 4 rings (SSSR count). The summed E-state index contributed by atoms with van der Waals surface area (Å²) < 4.78 is 0. The van der Waals surface area contributed by atoms with Gasteiger partial charge in [-0.2, -0.15) is 0 Å². The van der Waals surface area contributed by atoms with Crippen LogP contribution in [-0.2, 0) is 6.54 Å². The van der Waals surface area contributed by atoms with E-state index in [-0.39, 0.29) is 5.43 Å². The molecule has 0 amide bonds. The lowest BCUT2D eigenvalue weighted by molar-refractivity contribution is -0.928. The number of fused-ring (bicyclic) bond motifs is 3. The van der Waals surface area contributed by atoms with Crippen molar-refractivity contribution in [2.75, 3.05) is 6.54 Å². The first kappa shape index (κ1) is 17.8.